The Kier molecular flexibility index (Phi) is 5.48. The molecule has 2 saturated carbocycles. The number of carbonyl (C=O) groups is 1. The van der Waals surface area contributed by atoms with Gasteiger partial charge in [0.25, 0.3) is 0 Å². The summed E-state index contributed by atoms with van der Waals surface area (Å²) in [7, 11) is 0. The summed E-state index contributed by atoms with van der Waals surface area (Å²) in [4.78, 5) is 12.5. The largest absolute Gasteiger partial charge is 0.353 e. The van der Waals surface area contributed by atoms with Gasteiger partial charge in [0.15, 0.2) is 0 Å². The summed E-state index contributed by atoms with van der Waals surface area (Å²) in [5, 5.41) is 3.32. The number of rotatable bonds is 3. The van der Waals surface area contributed by atoms with E-state index in [-0.39, 0.29) is 11.8 Å². The molecule has 0 aromatic heterocycles. The quantitative estimate of drug-likeness (QED) is 0.834. The number of carbonyl (C=O) groups excluding carboxylic acids is 1. The summed E-state index contributed by atoms with van der Waals surface area (Å²) in [6, 6.07) is 0.692. The number of nitrogens with one attached hydrogen (secondary N) is 1. The van der Waals surface area contributed by atoms with Crippen molar-refractivity contribution in [3.05, 3.63) is 0 Å². The Balaban J connectivity index is 1.84. The van der Waals surface area contributed by atoms with Crippen LogP contribution in [0.3, 0.4) is 0 Å². The van der Waals surface area contributed by atoms with E-state index in [0.29, 0.717) is 23.9 Å². The highest BCUT2D eigenvalue weighted by Crippen LogP contribution is 2.31. The molecule has 0 heterocycles. The lowest BCUT2D eigenvalue weighted by atomic mass is 9.77. The monoisotopic (exact) mass is 280 g/mol. The zero-order chi connectivity index (χ0) is 14.7. The average Bonchev–Trinajstić information content (AvgIpc) is 2.41. The average molecular weight is 280 g/mol. The molecule has 3 heteroatoms. The van der Waals surface area contributed by atoms with Gasteiger partial charge in [-0.2, -0.15) is 0 Å². The first-order chi connectivity index (χ1) is 9.47. The molecule has 0 radical (unpaired) electrons. The molecule has 0 aliphatic heterocycles. The van der Waals surface area contributed by atoms with Gasteiger partial charge in [-0.1, -0.05) is 27.2 Å². The van der Waals surface area contributed by atoms with Gasteiger partial charge in [0, 0.05) is 18.0 Å². The van der Waals surface area contributed by atoms with Crippen LogP contribution in [-0.2, 0) is 4.79 Å². The van der Waals surface area contributed by atoms with Crippen LogP contribution in [-0.4, -0.2) is 18.0 Å². The maximum Gasteiger partial charge on any atom is 0.223 e. The second kappa shape index (κ2) is 6.93. The molecule has 6 unspecified atom stereocenters. The second-order valence-electron chi connectivity index (χ2n) is 7.49. The lowest BCUT2D eigenvalue weighted by Gasteiger charge is -2.35. The van der Waals surface area contributed by atoms with Gasteiger partial charge in [-0.05, 0) is 56.3 Å². The van der Waals surface area contributed by atoms with E-state index in [1.807, 2.05) is 0 Å². The fraction of sp³-hybridized carbons (Fsp3) is 0.941. The van der Waals surface area contributed by atoms with Crippen molar-refractivity contribution in [1.29, 1.82) is 0 Å². The Hall–Kier alpha value is -0.570. The number of nitrogens with two attached hydrogens (primary N) is 1. The molecule has 2 fully saturated rings. The molecule has 20 heavy (non-hydrogen) atoms. The van der Waals surface area contributed by atoms with Crippen LogP contribution < -0.4 is 11.1 Å². The Bertz CT molecular complexity index is 331. The third-order valence-electron chi connectivity index (χ3n) is 5.64. The smallest absolute Gasteiger partial charge is 0.223 e. The normalized spacial score (nSPS) is 40.1. The molecule has 0 bridgehead atoms. The van der Waals surface area contributed by atoms with Crippen molar-refractivity contribution >= 4 is 5.91 Å². The standard InChI is InChI=1S/C17H32N2O/c1-11-7-8-16(12(2)9-11)19-17(20)13(3)14-5-4-6-15(18)10-14/h11-16H,4-10,18H2,1-3H3,(H,19,20). The molecule has 116 valence electrons. The van der Waals surface area contributed by atoms with Gasteiger partial charge in [0.05, 0.1) is 0 Å². The summed E-state index contributed by atoms with van der Waals surface area (Å²) in [6.07, 6.45) is 8.13. The third kappa shape index (κ3) is 3.97. The summed E-state index contributed by atoms with van der Waals surface area (Å²) in [5.41, 5.74) is 6.05. The Morgan fingerprint density at radius 1 is 1.15 bits per heavy atom. The summed E-state index contributed by atoms with van der Waals surface area (Å²) in [5.74, 6) is 2.29. The zero-order valence-electron chi connectivity index (χ0n) is 13.4. The van der Waals surface area contributed by atoms with E-state index in [2.05, 4.69) is 26.1 Å². The van der Waals surface area contributed by atoms with Crippen LogP contribution in [0, 0.1) is 23.7 Å². The minimum Gasteiger partial charge on any atom is -0.353 e. The summed E-state index contributed by atoms with van der Waals surface area (Å²) in [6.45, 7) is 6.69. The molecule has 0 spiro atoms. The predicted octanol–water partition coefficient (Wildman–Crippen LogP) is 3.08. The second-order valence-corrected chi connectivity index (χ2v) is 7.49. The number of amides is 1. The van der Waals surface area contributed by atoms with E-state index in [4.69, 9.17) is 5.73 Å². The molecule has 2 aliphatic rings. The Labute approximate surface area is 124 Å². The van der Waals surface area contributed by atoms with E-state index in [0.717, 1.165) is 25.2 Å². The van der Waals surface area contributed by atoms with Crippen molar-refractivity contribution in [1.82, 2.24) is 5.32 Å². The van der Waals surface area contributed by atoms with Gasteiger partial charge >= 0.3 is 0 Å². The Morgan fingerprint density at radius 2 is 1.90 bits per heavy atom. The molecule has 3 N–H and O–H groups in total. The van der Waals surface area contributed by atoms with E-state index in [1.165, 1.54) is 25.7 Å². The van der Waals surface area contributed by atoms with Crippen molar-refractivity contribution in [3.8, 4) is 0 Å². The molecular formula is C17H32N2O. The van der Waals surface area contributed by atoms with E-state index < -0.39 is 0 Å². The van der Waals surface area contributed by atoms with Crippen molar-refractivity contribution in [2.45, 2.75) is 77.8 Å². The molecule has 3 nitrogen and oxygen atoms in total. The van der Waals surface area contributed by atoms with Crippen LogP contribution in [0.5, 0.6) is 0 Å². The van der Waals surface area contributed by atoms with E-state index >= 15 is 0 Å². The van der Waals surface area contributed by atoms with Crippen LogP contribution in [0.25, 0.3) is 0 Å². The van der Waals surface area contributed by atoms with Crippen LogP contribution >= 0.6 is 0 Å². The lowest BCUT2D eigenvalue weighted by Crippen LogP contribution is -2.46. The maximum atomic E-state index is 12.5. The molecule has 2 rings (SSSR count). The molecule has 2 aliphatic carbocycles. The van der Waals surface area contributed by atoms with Crippen LogP contribution in [0.4, 0.5) is 0 Å². The maximum absolute atomic E-state index is 12.5. The third-order valence-corrected chi connectivity index (χ3v) is 5.64. The van der Waals surface area contributed by atoms with E-state index in [1.54, 1.807) is 0 Å². The van der Waals surface area contributed by atoms with Gasteiger partial charge in [-0.25, -0.2) is 0 Å². The van der Waals surface area contributed by atoms with Crippen LogP contribution in [0.1, 0.15) is 65.7 Å². The highest BCUT2D eigenvalue weighted by molar-refractivity contribution is 5.79. The van der Waals surface area contributed by atoms with Crippen molar-refractivity contribution in [3.63, 3.8) is 0 Å². The number of hydrogen-bond donors (Lipinski definition) is 2. The van der Waals surface area contributed by atoms with Gasteiger partial charge in [0.1, 0.15) is 0 Å². The fourth-order valence-corrected chi connectivity index (χ4v) is 4.13. The van der Waals surface area contributed by atoms with Gasteiger partial charge in [-0.3, -0.25) is 4.79 Å². The SMILES string of the molecule is CC1CCC(NC(=O)C(C)C2CCCC(N)C2)C(C)C1. The molecule has 1 amide bonds. The molecule has 0 aromatic rings. The lowest BCUT2D eigenvalue weighted by molar-refractivity contribution is -0.128. The van der Waals surface area contributed by atoms with Crippen molar-refractivity contribution in [2.24, 2.45) is 29.4 Å². The highest BCUT2D eigenvalue weighted by Gasteiger charge is 2.32. The van der Waals surface area contributed by atoms with Crippen LogP contribution in [0.15, 0.2) is 0 Å². The first kappa shape index (κ1) is 15.8. The van der Waals surface area contributed by atoms with Crippen molar-refractivity contribution < 1.29 is 4.79 Å². The van der Waals surface area contributed by atoms with Crippen LogP contribution in [0.2, 0.25) is 0 Å². The van der Waals surface area contributed by atoms with Gasteiger partial charge in [-0.15, -0.1) is 0 Å². The molecule has 0 aromatic carbocycles. The molecule has 6 atom stereocenters. The highest BCUT2D eigenvalue weighted by atomic mass is 16.1. The first-order valence-electron chi connectivity index (χ1n) is 8.53. The summed E-state index contributed by atoms with van der Waals surface area (Å²) >= 11 is 0. The first-order valence-corrected chi connectivity index (χ1v) is 8.53. The Morgan fingerprint density at radius 3 is 2.55 bits per heavy atom. The summed E-state index contributed by atoms with van der Waals surface area (Å²) < 4.78 is 0. The number of hydrogen-bond acceptors (Lipinski definition) is 2. The fourth-order valence-electron chi connectivity index (χ4n) is 4.13. The topological polar surface area (TPSA) is 55.1 Å². The van der Waals surface area contributed by atoms with Gasteiger partial charge in [0.2, 0.25) is 5.91 Å². The zero-order valence-corrected chi connectivity index (χ0v) is 13.4. The predicted molar refractivity (Wildman–Crippen MR) is 83.2 cm³/mol. The minimum atomic E-state index is 0.118. The van der Waals surface area contributed by atoms with Crippen molar-refractivity contribution in [2.75, 3.05) is 0 Å². The van der Waals surface area contributed by atoms with Gasteiger partial charge < -0.3 is 11.1 Å². The molecular weight excluding hydrogens is 248 g/mol. The molecule has 0 saturated heterocycles. The van der Waals surface area contributed by atoms with E-state index in [9.17, 15) is 4.79 Å². The minimum absolute atomic E-state index is 0.118.